The quantitative estimate of drug-likeness (QED) is 0.245. The molecule has 0 aromatic heterocycles. The Morgan fingerprint density at radius 2 is 2.08 bits per heavy atom. The van der Waals surface area contributed by atoms with Crippen molar-refractivity contribution in [2.24, 2.45) is 4.99 Å². The number of hydrogen-bond donors (Lipinski definition) is 0. The summed E-state index contributed by atoms with van der Waals surface area (Å²) >= 11 is 0. The highest BCUT2D eigenvalue weighted by Crippen LogP contribution is 2.30. The van der Waals surface area contributed by atoms with Crippen LogP contribution in [0.5, 0.6) is 0 Å². The fourth-order valence-corrected chi connectivity index (χ4v) is 2.18. The first kappa shape index (κ1) is 19.5. The van der Waals surface area contributed by atoms with Crippen LogP contribution in [0.3, 0.4) is 0 Å². The lowest BCUT2D eigenvalue weighted by atomic mass is 9.99. The van der Waals surface area contributed by atoms with Gasteiger partial charge in [0.15, 0.2) is 0 Å². The van der Waals surface area contributed by atoms with Gasteiger partial charge in [0.25, 0.3) is 5.69 Å². The first-order valence-corrected chi connectivity index (χ1v) is 7.78. The van der Waals surface area contributed by atoms with Gasteiger partial charge in [-0.25, -0.2) is 9.59 Å². The Kier molecular flexibility index (Phi) is 6.80. The van der Waals surface area contributed by atoms with Gasteiger partial charge >= 0.3 is 5.97 Å². The molecule has 0 unspecified atom stereocenters. The van der Waals surface area contributed by atoms with Gasteiger partial charge in [-0.2, -0.15) is 4.99 Å². The van der Waals surface area contributed by atoms with Gasteiger partial charge in [0.05, 0.1) is 11.0 Å². The second-order valence-corrected chi connectivity index (χ2v) is 6.41. The molecule has 0 spiro atoms. The van der Waals surface area contributed by atoms with Crippen LogP contribution in [-0.4, -0.2) is 22.6 Å². The van der Waals surface area contributed by atoms with E-state index in [0.717, 1.165) is 12.8 Å². The van der Waals surface area contributed by atoms with Crippen molar-refractivity contribution in [2.75, 3.05) is 0 Å². The molecule has 1 atom stereocenters. The fraction of sp³-hybridized carbons (Fsp3) is 0.529. The van der Waals surface area contributed by atoms with Crippen LogP contribution in [0.1, 0.15) is 68.9 Å². The molecule has 130 valence electrons. The van der Waals surface area contributed by atoms with E-state index in [1.54, 1.807) is 26.8 Å². The minimum absolute atomic E-state index is 0.122. The molecule has 0 heterocycles. The second kappa shape index (κ2) is 8.36. The van der Waals surface area contributed by atoms with E-state index in [2.05, 4.69) is 4.99 Å². The summed E-state index contributed by atoms with van der Waals surface area (Å²) in [5.74, 6) is -0.759. The van der Waals surface area contributed by atoms with Crippen molar-refractivity contribution in [3.8, 4) is 0 Å². The first-order valence-electron chi connectivity index (χ1n) is 7.78. The minimum Gasteiger partial charge on any atom is -0.456 e. The Balaban J connectivity index is 3.25. The number of carbonyl (C=O) groups is 1. The summed E-state index contributed by atoms with van der Waals surface area (Å²) in [5.41, 5.74) is -0.729. The van der Waals surface area contributed by atoms with E-state index in [1.807, 2.05) is 6.92 Å². The molecule has 1 aromatic rings. The third kappa shape index (κ3) is 5.59. The third-order valence-corrected chi connectivity index (χ3v) is 3.26. The number of unbranched alkanes of at least 4 members (excludes halogenated alkanes) is 1. The van der Waals surface area contributed by atoms with Crippen LogP contribution in [0, 0.1) is 10.1 Å². The smallest absolute Gasteiger partial charge is 0.345 e. The molecule has 0 bridgehead atoms. The molecule has 0 saturated heterocycles. The molecule has 24 heavy (non-hydrogen) atoms. The van der Waals surface area contributed by atoms with E-state index in [0.29, 0.717) is 12.0 Å². The molecule has 1 rings (SSSR count). The summed E-state index contributed by atoms with van der Waals surface area (Å²) in [5, 5.41) is 11.3. The van der Waals surface area contributed by atoms with Crippen LogP contribution in [0.2, 0.25) is 0 Å². The number of esters is 1. The number of isocyanates is 1. The van der Waals surface area contributed by atoms with Gasteiger partial charge in [-0.3, -0.25) is 10.1 Å². The zero-order chi connectivity index (χ0) is 18.3. The van der Waals surface area contributed by atoms with Crippen LogP contribution in [0.4, 0.5) is 5.69 Å². The van der Waals surface area contributed by atoms with Crippen LogP contribution < -0.4 is 0 Å². The van der Waals surface area contributed by atoms with E-state index < -0.39 is 22.5 Å². The predicted molar refractivity (Wildman–Crippen MR) is 88.7 cm³/mol. The molecule has 0 amide bonds. The van der Waals surface area contributed by atoms with Crippen molar-refractivity contribution in [3.05, 3.63) is 39.4 Å². The van der Waals surface area contributed by atoms with Crippen molar-refractivity contribution in [3.63, 3.8) is 0 Å². The number of nitrogens with zero attached hydrogens (tertiary/aromatic N) is 2. The molecule has 7 nitrogen and oxygen atoms in total. The summed E-state index contributed by atoms with van der Waals surface area (Å²) in [6.45, 7) is 7.05. The van der Waals surface area contributed by atoms with Crippen LogP contribution in [0.25, 0.3) is 0 Å². The molecule has 0 saturated carbocycles. The third-order valence-electron chi connectivity index (χ3n) is 3.26. The Bertz CT molecular complexity index is 657. The lowest BCUT2D eigenvalue weighted by Gasteiger charge is -2.19. The summed E-state index contributed by atoms with van der Waals surface area (Å²) < 4.78 is 5.20. The molecule has 0 radical (unpaired) electrons. The molecular weight excluding hydrogens is 312 g/mol. The van der Waals surface area contributed by atoms with Gasteiger partial charge in [0.1, 0.15) is 11.2 Å². The van der Waals surface area contributed by atoms with Gasteiger partial charge in [0, 0.05) is 6.07 Å². The monoisotopic (exact) mass is 334 g/mol. The SMILES string of the molecule is CCCC[C@@H](N=C=O)c1ccc(C(=O)OC(C)(C)C)c([N+](=O)[O-])c1. The topological polar surface area (TPSA) is 98.9 Å². The number of carbonyl (C=O) groups excluding carboxylic acids is 2. The summed E-state index contributed by atoms with van der Waals surface area (Å²) in [7, 11) is 0. The number of rotatable bonds is 7. The molecule has 0 aliphatic rings. The molecule has 0 fully saturated rings. The Labute approximate surface area is 140 Å². The van der Waals surface area contributed by atoms with Gasteiger partial charge in [-0.05, 0) is 38.8 Å². The molecular formula is C17H22N2O5. The minimum atomic E-state index is -0.759. The maximum absolute atomic E-state index is 12.2. The Morgan fingerprint density at radius 1 is 1.42 bits per heavy atom. The number of nitro benzene ring substituents is 1. The van der Waals surface area contributed by atoms with E-state index in [-0.39, 0.29) is 11.3 Å². The zero-order valence-corrected chi connectivity index (χ0v) is 14.4. The van der Waals surface area contributed by atoms with Gasteiger partial charge < -0.3 is 4.74 Å². The number of benzene rings is 1. The van der Waals surface area contributed by atoms with E-state index in [4.69, 9.17) is 4.74 Å². The Morgan fingerprint density at radius 3 is 2.58 bits per heavy atom. The molecule has 0 aliphatic heterocycles. The van der Waals surface area contributed by atoms with Crippen LogP contribution in [-0.2, 0) is 9.53 Å². The fourth-order valence-electron chi connectivity index (χ4n) is 2.18. The van der Waals surface area contributed by atoms with Crippen molar-refractivity contribution >= 4 is 17.7 Å². The predicted octanol–water partition coefficient (Wildman–Crippen LogP) is 4.12. The number of nitro groups is 1. The molecule has 0 aliphatic carbocycles. The summed E-state index contributed by atoms with van der Waals surface area (Å²) in [4.78, 5) is 37.2. The lowest BCUT2D eigenvalue weighted by Crippen LogP contribution is -2.24. The average molecular weight is 334 g/mol. The van der Waals surface area contributed by atoms with Gasteiger partial charge in [-0.1, -0.05) is 25.8 Å². The second-order valence-electron chi connectivity index (χ2n) is 6.41. The highest BCUT2D eigenvalue weighted by Gasteiger charge is 2.27. The standard InChI is InChI=1S/C17H22N2O5/c1-5-6-7-14(18-11-20)12-8-9-13(15(10-12)19(22)23)16(21)24-17(2,3)4/h8-10,14H,5-7H2,1-4H3/t14-/m1/s1. The normalized spacial score (nSPS) is 12.2. The first-order chi connectivity index (χ1) is 11.2. The summed E-state index contributed by atoms with van der Waals surface area (Å²) in [6, 6.07) is 3.68. The largest absolute Gasteiger partial charge is 0.456 e. The highest BCUT2D eigenvalue weighted by molar-refractivity contribution is 5.94. The molecule has 7 heteroatoms. The molecule has 0 N–H and O–H groups in total. The van der Waals surface area contributed by atoms with Gasteiger partial charge in [0.2, 0.25) is 6.08 Å². The zero-order valence-electron chi connectivity index (χ0n) is 14.4. The van der Waals surface area contributed by atoms with Crippen molar-refractivity contribution in [1.82, 2.24) is 0 Å². The van der Waals surface area contributed by atoms with Crippen LogP contribution >= 0.6 is 0 Å². The highest BCUT2D eigenvalue weighted by atomic mass is 16.6. The van der Waals surface area contributed by atoms with E-state index >= 15 is 0 Å². The van der Waals surface area contributed by atoms with E-state index in [9.17, 15) is 19.7 Å². The van der Waals surface area contributed by atoms with Crippen molar-refractivity contribution < 1.29 is 19.2 Å². The summed E-state index contributed by atoms with van der Waals surface area (Å²) in [6.07, 6.45) is 3.81. The van der Waals surface area contributed by atoms with Crippen molar-refractivity contribution in [1.29, 1.82) is 0 Å². The molecule has 1 aromatic carbocycles. The average Bonchev–Trinajstić information content (AvgIpc) is 2.49. The van der Waals surface area contributed by atoms with E-state index in [1.165, 1.54) is 18.2 Å². The van der Waals surface area contributed by atoms with Crippen molar-refractivity contribution in [2.45, 2.75) is 58.6 Å². The maximum atomic E-state index is 12.2. The van der Waals surface area contributed by atoms with Crippen LogP contribution in [0.15, 0.2) is 23.2 Å². The number of aliphatic imine (C=N–C) groups is 1. The lowest BCUT2D eigenvalue weighted by molar-refractivity contribution is -0.385. The number of ether oxygens (including phenoxy) is 1. The maximum Gasteiger partial charge on any atom is 0.345 e. The van der Waals surface area contributed by atoms with Gasteiger partial charge in [-0.15, -0.1) is 0 Å². The number of hydrogen-bond acceptors (Lipinski definition) is 6. The Hall–Kier alpha value is -2.53.